The normalized spacial score (nSPS) is 22.7. The Labute approximate surface area is 130 Å². The third-order valence-corrected chi connectivity index (χ3v) is 5.10. The molecule has 0 spiro atoms. The van der Waals surface area contributed by atoms with Gasteiger partial charge in [0.1, 0.15) is 0 Å². The number of hydrogen-bond donors (Lipinski definition) is 0. The summed E-state index contributed by atoms with van der Waals surface area (Å²) in [7, 11) is 0. The van der Waals surface area contributed by atoms with Crippen molar-refractivity contribution in [2.75, 3.05) is 33.0 Å². The third kappa shape index (κ3) is 2.54. The molecule has 118 valence electrons. The number of piperazine rings is 1. The average Bonchev–Trinajstić information content (AvgIpc) is 3.31. The van der Waals surface area contributed by atoms with Crippen molar-refractivity contribution < 1.29 is 14.3 Å². The van der Waals surface area contributed by atoms with Gasteiger partial charge in [-0.25, -0.2) is 0 Å². The zero-order valence-electron chi connectivity index (χ0n) is 13.0. The first-order valence-corrected chi connectivity index (χ1v) is 8.15. The van der Waals surface area contributed by atoms with Crippen LogP contribution in [0, 0.1) is 5.92 Å². The van der Waals surface area contributed by atoms with Crippen LogP contribution in [0.3, 0.4) is 0 Å². The Kier molecular flexibility index (Phi) is 3.45. The van der Waals surface area contributed by atoms with Crippen LogP contribution in [0.1, 0.15) is 30.1 Å². The molecular formula is C17H22N2O3. The van der Waals surface area contributed by atoms with E-state index in [1.54, 1.807) is 6.07 Å². The minimum atomic E-state index is 0.0945. The Bertz CT molecular complexity index is 577. The zero-order valence-corrected chi connectivity index (χ0v) is 13.0. The summed E-state index contributed by atoms with van der Waals surface area (Å²) >= 11 is 0. The van der Waals surface area contributed by atoms with E-state index >= 15 is 0 Å². The molecule has 1 saturated heterocycles. The van der Waals surface area contributed by atoms with Gasteiger partial charge < -0.3 is 14.4 Å². The number of fused-ring (bicyclic) bond motifs is 1. The molecule has 1 atom stereocenters. The molecule has 1 unspecified atom stereocenters. The Morgan fingerprint density at radius 2 is 1.86 bits per heavy atom. The summed E-state index contributed by atoms with van der Waals surface area (Å²) in [6.07, 6.45) is 2.75. The Balaban J connectivity index is 1.39. The van der Waals surface area contributed by atoms with E-state index < -0.39 is 0 Å². The van der Waals surface area contributed by atoms with Crippen molar-refractivity contribution in [2.45, 2.75) is 25.8 Å². The van der Waals surface area contributed by atoms with Crippen molar-refractivity contribution in [1.82, 2.24) is 9.80 Å². The van der Waals surface area contributed by atoms with Crippen LogP contribution in [0.2, 0.25) is 0 Å². The number of carbonyl (C=O) groups excluding carboxylic acids is 1. The molecule has 1 aromatic carbocycles. The second-order valence-corrected chi connectivity index (χ2v) is 6.47. The molecule has 1 saturated carbocycles. The number of hydrogen-bond acceptors (Lipinski definition) is 4. The van der Waals surface area contributed by atoms with Crippen LogP contribution < -0.4 is 9.47 Å². The van der Waals surface area contributed by atoms with E-state index in [0.29, 0.717) is 17.4 Å². The van der Waals surface area contributed by atoms with Crippen molar-refractivity contribution in [3.05, 3.63) is 23.8 Å². The lowest BCUT2D eigenvalue weighted by Crippen LogP contribution is -2.51. The van der Waals surface area contributed by atoms with Crippen molar-refractivity contribution >= 4 is 5.91 Å². The van der Waals surface area contributed by atoms with Gasteiger partial charge in [-0.05, 0) is 43.9 Å². The molecule has 2 aliphatic heterocycles. The topological polar surface area (TPSA) is 42.0 Å². The molecule has 0 bridgehead atoms. The molecule has 0 N–H and O–H groups in total. The molecule has 1 amide bonds. The molecule has 1 aromatic rings. The van der Waals surface area contributed by atoms with E-state index in [2.05, 4.69) is 11.8 Å². The van der Waals surface area contributed by atoms with Crippen LogP contribution in [0.4, 0.5) is 0 Å². The van der Waals surface area contributed by atoms with Gasteiger partial charge in [0.15, 0.2) is 11.5 Å². The SMILES string of the molecule is CC(C1CC1)N1CCN(C(=O)c2ccc3c(c2)OCO3)CC1. The fraction of sp³-hybridized carbons (Fsp3) is 0.588. The average molecular weight is 302 g/mol. The number of nitrogens with zero attached hydrogens (tertiary/aromatic N) is 2. The first-order chi connectivity index (χ1) is 10.7. The molecule has 22 heavy (non-hydrogen) atoms. The van der Waals surface area contributed by atoms with Crippen molar-refractivity contribution in [3.8, 4) is 11.5 Å². The summed E-state index contributed by atoms with van der Waals surface area (Å²) in [6, 6.07) is 6.11. The standard InChI is InChI=1S/C17H22N2O3/c1-12(13-2-3-13)18-6-8-19(9-7-18)17(20)14-4-5-15-16(10-14)22-11-21-15/h4-5,10,12-13H,2-3,6-9,11H2,1H3. The van der Waals surface area contributed by atoms with Crippen LogP contribution in [-0.2, 0) is 0 Å². The molecule has 2 heterocycles. The Morgan fingerprint density at radius 3 is 2.59 bits per heavy atom. The van der Waals surface area contributed by atoms with Gasteiger partial charge in [0.2, 0.25) is 6.79 Å². The van der Waals surface area contributed by atoms with Gasteiger partial charge in [-0.15, -0.1) is 0 Å². The van der Waals surface area contributed by atoms with Crippen molar-refractivity contribution in [2.24, 2.45) is 5.92 Å². The molecule has 2 fully saturated rings. The monoisotopic (exact) mass is 302 g/mol. The van der Waals surface area contributed by atoms with E-state index in [9.17, 15) is 4.79 Å². The maximum absolute atomic E-state index is 12.6. The summed E-state index contributed by atoms with van der Waals surface area (Å²) in [4.78, 5) is 17.1. The van der Waals surface area contributed by atoms with Gasteiger partial charge in [-0.2, -0.15) is 0 Å². The summed E-state index contributed by atoms with van der Waals surface area (Å²) in [5.74, 6) is 2.37. The number of amides is 1. The molecule has 5 heteroatoms. The van der Waals surface area contributed by atoms with E-state index in [4.69, 9.17) is 9.47 Å². The zero-order chi connectivity index (χ0) is 15.1. The Hall–Kier alpha value is -1.75. The highest BCUT2D eigenvalue weighted by molar-refractivity contribution is 5.95. The third-order valence-electron chi connectivity index (χ3n) is 5.10. The van der Waals surface area contributed by atoms with Gasteiger partial charge in [-0.3, -0.25) is 9.69 Å². The van der Waals surface area contributed by atoms with E-state index in [-0.39, 0.29) is 12.7 Å². The van der Waals surface area contributed by atoms with Crippen LogP contribution in [0.25, 0.3) is 0 Å². The van der Waals surface area contributed by atoms with E-state index in [1.807, 2.05) is 17.0 Å². The van der Waals surface area contributed by atoms with E-state index in [1.165, 1.54) is 12.8 Å². The van der Waals surface area contributed by atoms with Crippen LogP contribution in [0.15, 0.2) is 18.2 Å². The van der Waals surface area contributed by atoms with Crippen LogP contribution >= 0.6 is 0 Å². The predicted molar refractivity (Wildman–Crippen MR) is 82.2 cm³/mol. The summed E-state index contributed by atoms with van der Waals surface area (Å²) in [5.41, 5.74) is 0.688. The van der Waals surface area contributed by atoms with Gasteiger partial charge in [0, 0.05) is 37.8 Å². The number of rotatable bonds is 3. The van der Waals surface area contributed by atoms with Crippen molar-refractivity contribution in [1.29, 1.82) is 0 Å². The van der Waals surface area contributed by atoms with Crippen LogP contribution in [-0.4, -0.2) is 54.7 Å². The summed E-state index contributed by atoms with van der Waals surface area (Å²) in [6.45, 7) is 6.15. The lowest BCUT2D eigenvalue weighted by molar-refractivity contribution is 0.0563. The highest BCUT2D eigenvalue weighted by atomic mass is 16.7. The Morgan fingerprint density at radius 1 is 1.14 bits per heavy atom. The van der Waals surface area contributed by atoms with E-state index in [0.717, 1.165) is 37.8 Å². The highest BCUT2D eigenvalue weighted by Crippen LogP contribution is 2.36. The largest absolute Gasteiger partial charge is 0.454 e. The molecule has 0 aromatic heterocycles. The minimum Gasteiger partial charge on any atom is -0.454 e. The molecule has 0 radical (unpaired) electrons. The first kappa shape index (κ1) is 13.9. The fourth-order valence-electron chi connectivity index (χ4n) is 3.42. The second-order valence-electron chi connectivity index (χ2n) is 6.47. The molecule has 1 aliphatic carbocycles. The smallest absolute Gasteiger partial charge is 0.254 e. The lowest BCUT2D eigenvalue weighted by atomic mass is 10.1. The van der Waals surface area contributed by atoms with Gasteiger partial charge in [-0.1, -0.05) is 0 Å². The maximum atomic E-state index is 12.6. The molecule has 5 nitrogen and oxygen atoms in total. The van der Waals surface area contributed by atoms with Gasteiger partial charge in [0.05, 0.1) is 0 Å². The molecule has 3 aliphatic rings. The molecular weight excluding hydrogens is 280 g/mol. The molecule has 4 rings (SSSR count). The van der Waals surface area contributed by atoms with Gasteiger partial charge >= 0.3 is 0 Å². The minimum absolute atomic E-state index is 0.0945. The van der Waals surface area contributed by atoms with Gasteiger partial charge in [0.25, 0.3) is 5.91 Å². The number of ether oxygens (including phenoxy) is 2. The summed E-state index contributed by atoms with van der Waals surface area (Å²) < 4.78 is 10.7. The lowest BCUT2D eigenvalue weighted by Gasteiger charge is -2.38. The predicted octanol–water partition coefficient (Wildman–Crippen LogP) is 1.97. The van der Waals surface area contributed by atoms with Crippen LogP contribution in [0.5, 0.6) is 11.5 Å². The quantitative estimate of drug-likeness (QED) is 0.856. The summed E-state index contributed by atoms with van der Waals surface area (Å²) in [5, 5.41) is 0. The highest BCUT2D eigenvalue weighted by Gasteiger charge is 2.34. The van der Waals surface area contributed by atoms with Crippen molar-refractivity contribution in [3.63, 3.8) is 0 Å². The maximum Gasteiger partial charge on any atom is 0.254 e. The number of benzene rings is 1. The second kappa shape index (κ2) is 5.47. The number of carbonyl (C=O) groups is 1. The first-order valence-electron chi connectivity index (χ1n) is 8.15. The fourth-order valence-corrected chi connectivity index (χ4v) is 3.42.